The van der Waals surface area contributed by atoms with Gasteiger partial charge in [-0.15, -0.1) is 0 Å². The molecule has 1 aromatic carbocycles. The molecule has 112 valence electrons. The van der Waals surface area contributed by atoms with Crippen molar-refractivity contribution in [3.05, 3.63) is 29.6 Å². The summed E-state index contributed by atoms with van der Waals surface area (Å²) >= 11 is 0. The molecule has 0 radical (unpaired) electrons. The van der Waals surface area contributed by atoms with E-state index >= 15 is 0 Å². The maximum absolute atomic E-state index is 14.2. The van der Waals surface area contributed by atoms with Crippen LogP contribution < -0.4 is 10.2 Å². The predicted octanol–water partition coefficient (Wildman–Crippen LogP) is 3.95. The van der Waals surface area contributed by atoms with E-state index in [4.69, 9.17) is 0 Å². The van der Waals surface area contributed by atoms with Crippen LogP contribution in [-0.2, 0) is 6.54 Å². The first-order chi connectivity index (χ1) is 9.49. The van der Waals surface area contributed by atoms with Gasteiger partial charge in [0.15, 0.2) is 0 Å². The fraction of sp³-hybridized carbons (Fsp3) is 0.647. The molecule has 3 heteroatoms. The summed E-state index contributed by atoms with van der Waals surface area (Å²) < 4.78 is 14.2. The van der Waals surface area contributed by atoms with Crippen LogP contribution in [0.1, 0.15) is 46.1 Å². The van der Waals surface area contributed by atoms with Gasteiger partial charge in [-0.2, -0.15) is 0 Å². The van der Waals surface area contributed by atoms with Crippen molar-refractivity contribution in [2.24, 2.45) is 5.92 Å². The van der Waals surface area contributed by atoms with Gasteiger partial charge >= 0.3 is 0 Å². The standard InChI is InChI=1S/C17H27FN2/c1-12(2)11-20(14-8-9-14)17-7-5-6-16(18)15(17)10-19-13(3)4/h5-7,12-14,19H,8-11H2,1-4H3. The van der Waals surface area contributed by atoms with Crippen LogP contribution in [0.3, 0.4) is 0 Å². The highest BCUT2D eigenvalue weighted by atomic mass is 19.1. The Hall–Kier alpha value is -1.09. The molecule has 2 nitrogen and oxygen atoms in total. The molecule has 1 aliphatic rings. The Morgan fingerprint density at radius 1 is 1.25 bits per heavy atom. The molecule has 1 N–H and O–H groups in total. The van der Waals surface area contributed by atoms with E-state index in [9.17, 15) is 4.39 Å². The maximum atomic E-state index is 14.2. The lowest BCUT2D eigenvalue weighted by atomic mass is 10.1. The van der Waals surface area contributed by atoms with Crippen molar-refractivity contribution in [3.63, 3.8) is 0 Å². The van der Waals surface area contributed by atoms with Gasteiger partial charge in [0.2, 0.25) is 0 Å². The molecule has 0 spiro atoms. The Balaban J connectivity index is 2.25. The van der Waals surface area contributed by atoms with Gasteiger partial charge in [0.1, 0.15) is 5.82 Å². The average Bonchev–Trinajstić information content (AvgIpc) is 3.18. The summed E-state index contributed by atoms with van der Waals surface area (Å²) in [5.41, 5.74) is 1.89. The zero-order chi connectivity index (χ0) is 14.7. The Morgan fingerprint density at radius 2 is 1.95 bits per heavy atom. The summed E-state index contributed by atoms with van der Waals surface area (Å²) in [5.74, 6) is 0.495. The molecule has 0 aliphatic heterocycles. The van der Waals surface area contributed by atoms with Crippen molar-refractivity contribution in [1.82, 2.24) is 5.32 Å². The molecule has 20 heavy (non-hydrogen) atoms. The van der Waals surface area contributed by atoms with Gasteiger partial charge in [0.25, 0.3) is 0 Å². The van der Waals surface area contributed by atoms with Crippen LogP contribution >= 0.6 is 0 Å². The Labute approximate surface area is 122 Å². The second-order valence-electron chi connectivity index (χ2n) is 6.55. The molecular weight excluding hydrogens is 251 g/mol. The maximum Gasteiger partial charge on any atom is 0.129 e. The van der Waals surface area contributed by atoms with Crippen molar-refractivity contribution in [1.29, 1.82) is 0 Å². The second-order valence-corrected chi connectivity index (χ2v) is 6.55. The largest absolute Gasteiger partial charge is 0.368 e. The fourth-order valence-corrected chi connectivity index (χ4v) is 2.52. The van der Waals surface area contributed by atoms with Crippen LogP contribution in [0.5, 0.6) is 0 Å². The Kier molecular flexibility index (Phi) is 5.03. The number of rotatable bonds is 7. The van der Waals surface area contributed by atoms with Gasteiger partial charge in [-0.3, -0.25) is 0 Å². The minimum absolute atomic E-state index is 0.0925. The molecule has 1 aromatic rings. The van der Waals surface area contributed by atoms with Crippen LogP contribution in [0, 0.1) is 11.7 Å². The lowest BCUT2D eigenvalue weighted by molar-refractivity contribution is 0.547. The van der Waals surface area contributed by atoms with Crippen LogP contribution in [-0.4, -0.2) is 18.6 Å². The Bertz CT molecular complexity index is 439. The molecule has 0 atom stereocenters. The third kappa shape index (κ3) is 3.95. The van der Waals surface area contributed by atoms with E-state index in [-0.39, 0.29) is 5.82 Å². The quantitative estimate of drug-likeness (QED) is 0.812. The third-order valence-corrected chi connectivity index (χ3v) is 3.64. The smallest absolute Gasteiger partial charge is 0.129 e. The molecule has 0 saturated heterocycles. The van der Waals surface area contributed by atoms with Crippen molar-refractivity contribution >= 4 is 5.69 Å². The van der Waals surface area contributed by atoms with Crippen molar-refractivity contribution in [2.45, 2.75) is 59.2 Å². The summed E-state index contributed by atoms with van der Waals surface area (Å²) in [6, 6.07) is 6.45. The summed E-state index contributed by atoms with van der Waals surface area (Å²) in [6.07, 6.45) is 2.47. The fourth-order valence-electron chi connectivity index (χ4n) is 2.52. The monoisotopic (exact) mass is 278 g/mol. The van der Waals surface area contributed by atoms with E-state index in [0.29, 0.717) is 24.5 Å². The number of nitrogens with one attached hydrogen (secondary N) is 1. The number of hydrogen-bond donors (Lipinski definition) is 1. The zero-order valence-electron chi connectivity index (χ0n) is 13.1. The molecule has 0 bridgehead atoms. The first-order valence-corrected chi connectivity index (χ1v) is 7.76. The molecule has 0 amide bonds. The first kappa shape index (κ1) is 15.3. The molecule has 1 fully saturated rings. The highest BCUT2D eigenvalue weighted by Crippen LogP contribution is 2.35. The van der Waals surface area contributed by atoms with Gasteiger partial charge in [-0.05, 0) is 30.9 Å². The lowest BCUT2D eigenvalue weighted by Gasteiger charge is -2.29. The molecule has 2 rings (SSSR count). The number of anilines is 1. The first-order valence-electron chi connectivity index (χ1n) is 7.76. The van der Waals surface area contributed by atoms with Crippen molar-refractivity contribution < 1.29 is 4.39 Å². The summed E-state index contributed by atoms with van der Waals surface area (Å²) in [5, 5.41) is 3.34. The SMILES string of the molecule is CC(C)CN(c1cccc(F)c1CNC(C)C)C1CC1. The van der Waals surface area contributed by atoms with Gasteiger partial charge in [-0.1, -0.05) is 33.8 Å². The van der Waals surface area contributed by atoms with Gasteiger partial charge < -0.3 is 10.2 Å². The number of hydrogen-bond acceptors (Lipinski definition) is 2. The van der Waals surface area contributed by atoms with E-state index in [0.717, 1.165) is 17.8 Å². The minimum Gasteiger partial charge on any atom is -0.368 e. The number of halogens is 1. The predicted molar refractivity (Wildman–Crippen MR) is 83.6 cm³/mol. The van der Waals surface area contributed by atoms with Crippen molar-refractivity contribution in [3.8, 4) is 0 Å². The third-order valence-electron chi connectivity index (χ3n) is 3.64. The summed E-state index contributed by atoms with van der Waals surface area (Å²) in [7, 11) is 0. The normalized spacial score (nSPS) is 15.2. The lowest BCUT2D eigenvalue weighted by Crippen LogP contribution is -2.32. The molecular formula is C17H27FN2. The Morgan fingerprint density at radius 3 is 2.50 bits per heavy atom. The van der Waals surface area contributed by atoms with E-state index in [1.807, 2.05) is 6.07 Å². The molecule has 0 aromatic heterocycles. The second kappa shape index (κ2) is 6.57. The summed E-state index contributed by atoms with van der Waals surface area (Å²) in [6.45, 7) is 10.2. The van der Waals surface area contributed by atoms with Crippen molar-refractivity contribution in [2.75, 3.05) is 11.4 Å². The summed E-state index contributed by atoms with van der Waals surface area (Å²) in [4.78, 5) is 2.41. The van der Waals surface area contributed by atoms with E-state index < -0.39 is 0 Å². The average molecular weight is 278 g/mol. The van der Waals surface area contributed by atoms with Gasteiger partial charge in [0, 0.05) is 36.4 Å². The van der Waals surface area contributed by atoms with Crippen LogP contribution in [0.25, 0.3) is 0 Å². The van der Waals surface area contributed by atoms with Gasteiger partial charge in [0.05, 0.1) is 0 Å². The van der Waals surface area contributed by atoms with Crippen LogP contribution in [0.2, 0.25) is 0 Å². The zero-order valence-corrected chi connectivity index (χ0v) is 13.1. The minimum atomic E-state index is -0.0925. The van der Waals surface area contributed by atoms with Crippen LogP contribution in [0.15, 0.2) is 18.2 Å². The topological polar surface area (TPSA) is 15.3 Å². The molecule has 0 unspecified atom stereocenters. The highest BCUT2D eigenvalue weighted by molar-refractivity contribution is 5.56. The van der Waals surface area contributed by atoms with Gasteiger partial charge in [-0.25, -0.2) is 4.39 Å². The molecule has 1 saturated carbocycles. The van der Waals surface area contributed by atoms with E-state index in [1.165, 1.54) is 12.8 Å². The highest BCUT2D eigenvalue weighted by Gasteiger charge is 2.31. The number of nitrogens with zero attached hydrogens (tertiary/aromatic N) is 1. The van der Waals surface area contributed by atoms with E-state index in [1.54, 1.807) is 6.07 Å². The van der Waals surface area contributed by atoms with E-state index in [2.05, 4.69) is 44.0 Å². The molecule has 1 aliphatic carbocycles. The van der Waals surface area contributed by atoms with Crippen LogP contribution in [0.4, 0.5) is 10.1 Å². The number of benzene rings is 1. The molecule has 0 heterocycles.